The first-order chi connectivity index (χ1) is 7.74. The molecule has 0 aromatic heterocycles. The predicted molar refractivity (Wildman–Crippen MR) is 61.7 cm³/mol. The van der Waals surface area contributed by atoms with Gasteiger partial charge in [0.25, 0.3) is 0 Å². The number of ketones is 1. The molecule has 0 fully saturated rings. The van der Waals surface area contributed by atoms with Gasteiger partial charge < -0.3 is 4.74 Å². The Kier molecular flexibility index (Phi) is 4.99. The summed E-state index contributed by atoms with van der Waals surface area (Å²) in [6, 6.07) is 9.65. The highest BCUT2D eigenvalue weighted by atomic mass is 16.5. The zero-order chi connectivity index (χ0) is 11.8. The average Bonchev–Trinajstić information content (AvgIpc) is 2.34. The van der Waals surface area contributed by atoms with Crippen LogP contribution >= 0.6 is 0 Å². The Morgan fingerprint density at radius 3 is 2.56 bits per heavy atom. The molecule has 0 radical (unpaired) electrons. The summed E-state index contributed by atoms with van der Waals surface area (Å²) in [6.07, 6.45) is 3.72. The van der Waals surface area contributed by atoms with Crippen molar-refractivity contribution in [1.29, 1.82) is 0 Å². The molecule has 0 bridgehead atoms. The fourth-order valence-corrected chi connectivity index (χ4v) is 1.10. The first-order valence-electron chi connectivity index (χ1n) is 5.15. The number of ether oxygens (including phenoxy) is 1. The summed E-state index contributed by atoms with van der Waals surface area (Å²) < 4.78 is 4.74. The molecule has 0 heterocycles. The van der Waals surface area contributed by atoms with Gasteiger partial charge in [-0.05, 0) is 11.6 Å². The second-order valence-corrected chi connectivity index (χ2v) is 3.19. The maximum absolute atomic E-state index is 11.0. The van der Waals surface area contributed by atoms with Gasteiger partial charge in [-0.2, -0.15) is 0 Å². The standard InChI is InChI=1S/C13H14O3/c1-2-12(14)13(15)16-10-6-9-11-7-4-3-5-8-11/h3-9H,2,10H2,1H3/b9-6+. The highest BCUT2D eigenvalue weighted by Gasteiger charge is 2.10. The molecule has 1 aromatic rings. The van der Waals surface area contributed by atoms with Crippen LogP contribution < -0.4 is 0 Å². The third kappa shape index (κ3) is 4.09. The normalized spacial score (nSPS) is 10.3. The molecule has 0 atom stereocenters. The summed E-state index contributed by atoms with van der Waals surface area (Å²) in [6.45, 7) is 1.75. The van der Waals surface area contributed by atoms with Gasteiger partial charge in [-0.1, -0.05) is 43.3 Å². The lowest BCUT2D eigenvalue weighted by atomic mass is 10.2. The lowest BCUT2D eigenvalue weighted by molar-refractivity contribution is -0.152. The molecular weight excluding hydrogens is 204 g/mol. The topological polar surface area (TPSA) is 43.4 Å². The summed E-state index contributed by atoms with van der Waals surface area (Å²) in [5.41, 5.74) is 1.03. The molecular formula is C13H14O3. The Morgan fingerprint density at radius 2 is 1.94 bits per heavy atom. The summed E-state index contributed by atoms with van der Waals surface area (Å²) in [7, 11) is 0. The molecule has 84 valence electrons. The van der Waals surface area contributed by atoms with Gasteiger partial charge in [0, 0.05) is 6.42 Å². The first-order valence-corrected chi connectivity index (χ1v) is 5.15. The van der Waals surface area contributed by atoms with Gasteiger partial charge in [0.15, 0.2) is 0 Å². The van der Waals surface area contributed by atoms with E-state index in [1.807, 2.05) is 36.4 Å². The third-order valence-electron chi connectivity index (χ3n) is 1.97. The fraction of sp³-hybridized carbons (Fsp3) is 0.231. The smallest absolute Gasteiger partial charge is 0.374 e. The lowest BCUT2D eigenvalue weighted by Gasteiger charge is -1.98. The van der Waals surface area contributed by atoms with E-state index in [1.54, 1.807) is 13.0 Å². The van der Waals surface area contributed by atoms with E-state index >= 15 is 0 Å². The van der Waals surface area contributed by atoms with Crippen LogP contribution in [-0.2, 0) is 14.3 Å². The van der Waals surface area contributed by atoms with Crippen LogP contribution in [0.5, 0.6) is 0 Å². The maximum atomic E-state index is 11.0. The van der Waals surface area contributed by atoms with E-state index in [-0.39, 0.29) is 13.0 Å². The molecule has 3 heteroatoms. The summed E-state index contributed by atoms with van der Waals surface area (Å²) in [5, 5.41) is 0. The predicted octanol–water partition coefficient (Wildman–Crippen LogP) is 2.22. The second-order valence-electron chi connectivity index (χ2n) is 3.19. The number of Topliss-reactive ketones (excluding diaryl/α,β-unsaturated/α-hetero) is 1. The van der Waals surface area contributed by atoms with Crippen LogP contribution in [0.2, 0.25) is 0 Å². The number of hydrogen-bond donors (Lipinski definition) is 0. The van der Waals surface area contributed by atoms with Crippen LogP contribution in [0.3, 0.4) is 0 Å². The molecule has 3 nitrogen and oxygen atoms in total. The van der Waals surface area contributed by atoms with Crippen molar-refractivity contribution in [2.75, 3.05) is 6.61 Å². The number of benzene rings is 1. The van der Waals surface area contributed by atoms with Gasteiger partial charge in [0.05, 0.1) is 0 Å². The monoisotopic (exact) mass is 218 g/mol. The Balaban J connectivity index is 2.34. The molecule has 16 heavy (non-hydrogen) atoms. The van der Waals surface area contributed by atoms with Gasteiger partial charge in [-0.15, -0.1) is 0 Å². The second kappa shape index (κ2) is 6.56. The SMILES string of the molecule is CCC(=O)C(=O)OC/C=C/c1ccccc1. The number of esters is 1. The number of hydrogen-bond acceptors (Lipinski definition) is 3. The van der Waals surface area contributed by atoms with Crippen molar-refractivity contribution in [1.82, 2.24) is 0 Å². The molecule has 0 aliphatic carbocycles. The van der Waals surface area contributed by atoms with Crippen molar-refractivity contribution in [3.63, 3.8) is 0 Å². The Bertz CT molecular complexity index is 379. The van der Waals surface area contributed by atoms with Crippen LogP contribution in [0.4, 0.5) is 0 Å². The van der Waals surface area contributed by atoms with Crippen molar-refractivity contribution in [3.05, 3.63) is 42.0 Å². The third-order valence-corrected chi connectivity index (χ3v) is 1.97. The number of carbonyl (C=O) groups is 2. The van der Waals surface area contributed by atoms with E-state index in [2.05, 4.69) is 0 Å². The number of rotatable bonds is 5. The molecule has 0 saturated carbocycles. The van der Waals surface area contributed by atoms with E-state index in [0.29, 0.717) is 0 Å². The Labute approximate surface area is 94.7 Å². The minimum absolute atomic E-state index is 0.124. The molecule has 0 spiro atoms. The van der Waals surface area contributed by atoms with Crippen molar-refractivity contribution in [2.24, 2.45) is 0 Å². The zero-order valence-corrected chi connectivity index (χ0v) is 9.18. The Hall–Kier alpha value is -1.90. The summed E-state index contributed by atoms with van der Waals surface area (Å²) in [4.78, 5) is 21.9. The molecule has 0 unspecified atom stereocenters. The van der Waals surface area contributed by atoms with Crippen LogP contribution in [0.25, 0.3) is 6.08 Å². The van der Waals surface area contributed by atoms with E-state index in [9.17, 15) is 9.59 Å². The molecule has 0 aliphatic heterocycles. The van der Waals surface area contributed by atoms with Gasteiger partial charge in [0.2, 0.25) is 5.78 Å². The summed E-state index contributed by atoms with van der Waals surface area (Å²) >= 11 is 0. The number of carbonyl (C=O) groups excluding carboxylic acids is 2. The minimum atomic E-state index is -0.764. The van der Waals surface area contributed by atoms with Crippen molar-refractivity contribution >= 4 is 17.8 Å². The Morgan fingerprint density at radius 1 is 1.25 bits per heavy atom. The molecule has 0 N–H and O–H groups in total. The van der Waals surface area contributed by atoms with E-state index in [4.69, 9.17) is 4.74 Å². The van der Waals surface area contributed by atoms with Crippen LogP contribution in [0, 0.1) is 0 Å². The highest BCUT2D eigenvalue weighted by molar-refractivity contribution is 6.33. The maximum Gasteiger partial charge on any atom is 0.374 e. The molecule has 1 rings (SSSR count). The molecule has 0 saturated heterocycles. The fourth-order valence-electron chi connectivity index (χ4n) is 1.10. The molecule has 1 aromatic carbocycles. The first kappa shape index (κ1) is 12.2. The van der Waals surface area contributed by atoms with E-state index in [0.717, 1.165) is 5.56 Å². The average molecular weight is 218 g/mol. The van der Waals surface area contributed by atoms with Crippen molar-refractivity contribution in [2.45, 2.75) is 13.3 Å². The zero-order valence-electron chi connectivity index (χ0n) is 9.18. The van der Waals surface area contributed by atoms with Crippen LogP contribution in [0.15, 0.2) is 36.4 Å². The molecule has 0 aliphatic rings. The van der Waals surface area contributed by atoms with Crippen molar-refractivity contribution < 1.29 is 14.3 Å². The quantitative estimate of drug-likeness (QED) is 0.562. The lowest BCUT2D eigenvalue weighted by Crippen LogP contribution is -2.16. The van der Waals surface area contributed by atoms with E-state index in [1.165, 1.54) is 0 Å². The van der Waals surface area contributed by atoms with Crippen LogP contribution in [0.1, 0.15) is 18.9 Å². The van der Waals surface area contributed by atoms with Gasteiger partial charge in [-0.3, -0.25) is 4.79 Å². The highest BCUT2D eigenvalue weighted by Crippen LogP contribution is 2.00. The van der Waals surface area contributed by atoms with Gasteiger partial charge >= 0.3 is 5.97 Å². The summed E-state index contributed by atoms with van der Waals surface area (Å²) in [5.74, 6) is -1.26. The largest absolute Gasteiger partial charge is 0.456 e. The van der Waals surface area contributed by atoms with Crippen molar-refractivity contribution in [3.8, 4) is 0 Å². The van der Waals surface area contributed by atoms with E-state index < -0.39 is 11.8 Å². The molecule has 0 amide bonds. The van der Waals surface area contributed by atoms with Gasteiger partial charge in [0.1, 0.15) is 6.61 Å². The van der Waals surface area contributed by atoms with Crippen LogP contribution in [-0.4, -0.2) is 18.4 Å². The van der Waals surface area contributed by atoms with Gasteiger partial charge in [-0.25, -0.2) is 4.79 Å². The minimum Gasteiger partial charge on any atom is -0.456 e.